The van der Waals surface area contributed by atoms with Crippen LogP contribution in [0.25, 0.3) is 0 Å². The molecular formula is C13H15KN2O2S. The fourth-order valence-electron chi connectivity index (χ4n) is 1.56. The summed E-state index contributed by atoms with van der Waals surface area (Å²) >= 11 is 0. The van der Waals surface area contributed by atoms with E-state index in [4.69, 9.17) is 5.14 Å². The van der Waals surface area contributed by atoms with E-state index in [1.807, 2.05) is 30.3 Å². The Hall–Kier alpha value is -0.214. The molecule has 4 nitrogen and oxygen atoms in total. The summed E-state index contributed by atoms with van der Waals surface area (Å²) in [5, 5.41) is 8.23. The Bertz CT molecular complexity index is 619. The quantitative estimate of drug-likeness (QED) is 0.716. The molecule has 6 heteroatoms. The molecule has 0 aliphatic rings. The molecule has 2 aromatic carbocycles. The average Bonchev–Trinajstić information content (AvgIpc) is 2.37. The van der Waals surface area contributed by atoms with Crippen LogP contribution in [0.1, 0.15) is 6.99 Å². The molecule has 0 unspecified atom stereocenters. The number of primary sulfonamides is 1. The Kier molecular flexibility index (Phi) is 6.68. The van der Waals surface area contributed by atoms with E-state index >= 15 is 0 Å². The predicted molar refractivity (Wildman–Crippen MR) is 72.7 cm³/mol. The first-order valence-electron chi connectivity index (χ1n) is 5.46. The molecule has 0 aliphatic heterocycles. The fourth-order valence-corrected chi connectivity index (χ4v) is 2.08. The molecule has 0 saturated carbocycles. The van der Waals surface area contributed by atoms with E-state index in [1.165, 1.54) is 12.1 Å². The Morgan fingerprint density at radius 2 is 1.58 bits per heavy atom. The second kappa shape index (κ2) is 7.54. The molecule has 0 spiro atoms. The van der Waals surface area contributed by atoms with Crippen molar-refractivity contribution in [2.24, 2.45) is 5.14 Å². The SMILES string of the molecule is NS(=O)(=O)c1ccc(NCc2ccccc2)cc1.[H-].[K+]. The van der Waals surface area contributed by atoms with Gasteiger partial charge in [-0.2, -0.15) is 0 Å². The van der Waals surface area contributed by atoms with Gasteiger partial charge in [0.25, 0.3) is 0 Å². The van der Waals surface area contributed by atoms with E-state index in [-0.39, 0.29) is 57.7 Å². The largest absolute Gasteiger partial charge is 1.00 e. The molecule has 0 radical (unpaired) electrons. The zero-order chi connectivity index (χ0) is 13.0. The Labute approximate surface area is 157 Å². The van der Waals surface area contributed by atoms with Gasteiger partial charge in [0, 0.05) is 12.2 Å². The monoisotopic (exact) mass is 302 g/mol. The number of rotatable bonds is 4. The van der Waals surface area contributed by atoms with Crippen molar-refractivity contribution >= 4 is 15.7 Å². The smallest absolute Gasteiger partial charge is 1.00 e. The molecule has 3 N–H and O–H groups in total. The predicted octanol–water partition coefficient (Wildman–Crippen LogP) is -0.937. The summed E-state index contributed by atoms with van der Waals surface area (Å²) in [5.74, 6) is 0. The number of anilines is 1. The summed E-state index contributed by atoms with van der Waals surface area (Å²) in [5.41, 5.74) is 2.01. The van der Waals surface area contributed by atoms with Gasteiger partial charge in [-0.1, -0.05) is 30.3 Å². The van der Waals surface area contributed by atoms with Crippen molar-refractivity contribution in [3.8, 4) is 0 Å². The van der Waals surface area contributed by atoms with Gasteiger partial charge in [0.2, 0.25) is 10.0 Å². The summed E-state index contributed by atoms with van der Waals surface area (Å²) < 4.78 is 22.2. The summed E-state index contributed by atoms with van der Waals surface area (Å²) in [6.45, 7) is 0.690. The van der Waals surface area contributed by atoms with Crippen LogP contribution >= 0.6 is 0 Å². The van der Waals surface area contributed by atoms with Crippen LogP contribution in [0.3, 0.4) is 0 Å². The van der Waals surface area contributed by atoms with Gasteiger partial charge in [-0.3, -0.25) is 0 Å². The van der Waals surface area contributed by atoms with Gasteiger partial charge in [-0.05, 0) is 29.8 Å². The van der Waals surface area contributed by atoms with E-state index in [2.05, 4.69) is 5.32 Å². The summed E-state index contributed by atoms with van der Waals surface area (Å²) in [7, 11) is -3.61. The molecule has 0 aliphatic carbocycles. The number of nitrogens with two attached hydrogens (primary N) is 1. The van der Waals surface area contributed by atoms with Crippen molar-refractivity contribution < 1.29 is 61.2 Å². The minimum absolute atomic E-state index is 0. The molecule has 0 bridgehead atoms. The van der Waals surface area contributed by atoms with Gasteiger partial charge in [-0.15, -0.1) is 0 Å². The van der Waals surface area contributed by atoms with E-state index in [9.17, 15) is 8.42 Å². The van der Waals surface area contributed by atoms with E-state index < -0.39 is 10.0 Å². The van der Waals surface area contributed by atoms with E-state index in [1.54, 1.807) is 12.1 Å². The molecule has 0 saturated heterocycles. The van der Waals surface area contributed by atoms with Gasteiger partial charge in [0.1, 0.15) is 0 Å². The van der Waals surface area contributed by atoms with Crippen LogP contribution in [0.2, 0.25) is 0 Å². The molecule has 2 rings (SSSR count). The van der Waals surface area contributed by atoms with Crippen LogP contribution in [0.15, 0.2) is 59.5 Å². The Morgan fingerprint density at radius 1 is 1.00 bits per heavy atom. The van der Waals surface area contributed by atoms with E-state index in [0.717, 1.165) is 11.3 Å². The molecule has 19 heavy (non-hydrogen) atoms. The second-order valence-corrected chi connectivity index (χ2v) is 5.47. The number of sulfonamides is 1. The Balaban J connectivity index is 0.00000180. The van der Waals surface area contributed by atoms with Crippen molar-refractivity contribution in [1.29, 1.82) is 0 Å². The molecule has 0 atom stereocenters. The van der Waals surface area contributed by atoms with Crippen LogP contribution in [-0.4, -0.2) is 8.42 Å². The molecule has 2 aromatic rings. The zero-order valence-corrected chi connectivity index (χ0v) is 14.6. The first-order valence-corrected chi connectivity index (χ1v) is 7.01. The standard InChI is InChI=1S/C13H14N2O2S.K.H/c14-18(16,17)13-8-6-12(7-9-13)15-10-11-4-2-1-3-5-11;;/h1-9,15H,10H2,(H2,14,16,17);;/q;+1;-1. The molecular weight excluding hydrogens is 287 g/mol. The maximum Gasteiger partial charge on any atom is 1.00 e. The first kappa shape index (κ1) is 16.8. The minimum Gasteiger partial charge on any atom is -1.00 e. The van der Waals surface area contributed by atoms with Crippen molar-refractivity contribution in [3.63, 3.8) is 0 Å². The summed E-state index contributed by atoms with van der Waals surface area (Å²) in [6.07, 6.45) is 0. The van der Waals surface area contributed by atoms with Crippen LogP contribution in [0, 0.1) is 0 Å². The van der Waals surface area contributed by atoms with Gasteiger partial charge in [0.15, 0.2) is 0 Å². The molecule has 0 fully saturated rings. The van der Waals surface area contributed by atoms with Crippen LogP contribution in [0.4, 0.5) is 5.69 Å². The van der Waals surface area contributed by atoms with Crippen molar-refractivity contribution in [3.05, 3.63) is 60.2 Å². The van der Waals surface area contributed by atoms with Crippen molar-refractivity contribution in [1.82, 2.24) is 0 Å². The number of nitrogens with one attached hydrogen (secondary N) is 1. The van der Waals surface area contributed by atoms with Gasteiger partial charge >= 0.3 is 51.4 Å². The van der Waals surface area contributed by atoms with Gasteiger partial charge < -0.3 is 6.74 Å². The average molecular weight is 302 g/mol. The van der Waals surface area contributed by atoms with Gasteiger partial charge in [-0.25, -0.2) is 13.6 Å². The third kappa shape index (κ3) is 5.35. The third-order valence-corrected chi connectivity index (χ3v) is 3.45. The normalized spacial score (nSPS) is 10.6. The van der Waals surface area contributed by atoms with Crippen molar-refractivity contribution in [2.75, 3.05) is 5.32 Å². The Morgan fingerprint density at radius 3 is 2.11 bits per heavy atom. The zero-order valence-electron chi connectivity index (χ0n) is 11.7. The molecule has 0 heterocycles. The van der Waals surface area contributed by atoms with Crippen LogP contribution in [-0.2, 0) is 16.6 Å². The van der Waals surface area contributed by atoms with Gasteiger partial charge in [0.05, 0.1) is 4.90 Å². The fraction of sp³-hybridized carbons (Fsp3) is 0.0769. The molecule has 96 valence electrons. The topological polar surface area (TPSA) is 72.2 Å². The number of benzene rings is 2. The van der Waals surface area contributed by atoms with E-state index in [0.29, 0.717) is 6.54 Å². The third-order valence-electron chi connectivity index (χ3n) is 2.52. The maximum atomic E-state index is 11.1. The minimum atomic E-state index is -3.61. The van der Waals surface area contributed by atoms with Crippen LogP contribution in [0.5, 0.6) is 0 Å². The molecule has 0 aromatic heterocycles. The number of hydrogen-bond donors (Lipinski definition) is 2. The van der Waals surface area contributed by atoms with Crippen LogP contribution < -0.4 is 61.8 Å². The summed E-state index contributed by atoms with van der Waals surface area (Å²) in [6, 6.07) is 16.3. The maximum absolute atomic E-state index is 11.1. The first-order chi connectivity index (χ1) is 8.55. The second-order valence-electron chi connectivity index (χ2n) is 3.91. The van der Waals surface area contributed by atoms with Crippen molar-refractivity contribution in [2.45, 2.75) is 11.4 Å². The number of hydrogen-bond acceptors (Lipinski definition) is 3. The molecule has 0 amide bonds. The summed E-state index contributed by atoms with van der Waals surface area (Å²) in [4.78, 5) is 0.118.